The molecule has 0 saturated heterocycles. The molecule has 2 rings (SSSR count). The summed E-state index contributed by atoms with van der Waals surface area (Å²) in [5.74, 6) is -0.148. The minimum atomic E-state index is -0.234. The number of hydrogen-bond acceptors (Lipinski definition) is 3. The van der Waals surface area contributed by atoms with Crippen molar-refractivity contribution in [3.05, 3.63) is 40.8 Å². The number of amides is 1. The lowest BCUT2D eigenvalue weighted by atomic mass is 10.3. The van der Waals surface area contributed by atoms with Crippen molar-refractivity contribution in [2.24, 2.45) is 0 Å². The average Bonchev–Trinajstić information content (AvgIpc) is 2.98. The number of hydrogen-bond donors (Lipinski definition) is 2. The fourth-order valence-corrected chi connectivity index (χ4v) is 2.30. The Balaban J connectivity index is 2.22. The molecule has 2 heterocycles. The fourth-order valence-electron chi connectivity index (χ4n) is 1.51. The molecule has 0 aromatic carbocycles. The third-order valence-corrected chi connectivity index (χ3v) is 3.29. The average molecular weight is 250 g/mol. The lowest BCUT2D eigenvalue weighted by molar-refractivity contribution is 0.0926. The summed E-state index contributed by atoms with van der Waals surface area (Å²) >= 11 is 1.39. The van der Waals surface area contributed by atoms with Crippen molar-refractivity contribution in [2.75, 3.05) is 6.61 Å². The molecule has 90 valence electrons. The zero-order valence-corrected chi connectivity index (χ0v) is 10.3. The Labute approximate surface area is 104 Å². The minimum absolute atomic E-state index is 0.0596. The lowest BCUT2D eigenvalue weighted by Crippen LogP contribution is -2.34. The predicted molar refractivity (Wildman–Crippen MR) is 67.7 cm³/mol. The molecule has 0 bridgehead atoms. The summed E-state index contributed by atoms with van der Waals surface area (Å²) in [6.45, 7) is 1.71. The molecular weight excluding hydrogens is 236 g/mol. The maximum Gasteiger partial charge on any atom is 0.263 e. The van der Waals surface area contributed by atoms with Crippen LogP contribution in [-0.2, 0) is 0 Å². The molecule has 0 radical (unpaired) electrons. The number of nitrogens with one attached hydrogen (secondary N) is 1. The van der Waals surface area contributed by atoms with Gasteiger partial charge in [0.15, 0.2) is 0 Å². The number of carbonyl (C=O) groups is 1. The van der Waals surface area contributed by atoms with Gasteiger partial charge in [-0.15, -0.1) is 11.3 Å². The summed E-state index contributed by atoms with van der Waals surface area (Å²) in [5, 5.41) is 13.5. The molecule has 0 spiro atoms. The van der Waals surface area contributed by atoms with Crippen molar-refractivity contribution < 1.29 is 9.90 Å². The Bertz CT molecular complexity index is 490. The number of carbonyl (C=O) groups excluding carboxylic acids is 1. The van der Waals surface area contributed by atoms with Gasteiger partial charge in [-0.3, -0.25) is 4.79 Å². The van der Waals surface area contributed by atoms with E-state index >= 15 is 0 Å². The van der Waals surface area contributed by atoms with Crippen LogP contribution >= 0.6 is 11.3 Å². The van der Waals surface area contributed by atoms with E-state index in [1.54, 1.807) is 6.92 Å². The summed E-state index contributed by atoms with van der Waals surface area (Å²) in [7, 11) is 0. The molecule has 17 heavy (non-hydrogen) atoms. The fraction of sp³-hybridized carbons (Fsp3) is 0.250. The lowest BCUT2D eigenvalue weighted by Gasteiger charge is -2.11. The van der Waals surface area contributed by atoms with Crippen LogP contribution in [0, 0.1) is 0 Å². The summed E-state index contributed by atoms with van der Waals surface area (Å²) in [6, 6.07) is 5.50. The first-order valence-corrected chi connectivity index (χ1v) is 6.23. The predicted octanol–water partition coefficient (Wildman–Crippen LogP) is 1.65. The van der Waals surface area contributed by atoms with Crippen molar-refractivity contribution in [1.82, 2.24) is 9.88 Å². The molecule has 0 aliphatic carbocycles. The molecule has 2 N–H and O–H groups in total. The first-order valence-electron chi connectivity index (χ1n) is 5.35. The number of nitrogens with zero attached hydrogens (tertiary/aromatic N) is 1. The molecule has 1 unspecified atom stereocenters. The van der Waals surface area contributed by atoms with Gasteiger partial charge >= 0.3 is 0 Å². The van der Waals surface area contributed by atoms with Gasteiger partial charge in [-0.1, -0.05) is 0 Å². The van der Waals surface area contributed by atoms with Gasteiger partial charge in [0, 0.05) is 18.4 Å². The summed E-state index contributed by atoms with van der Waals surface area (Å²) in [4.78, 5) is 12.6. The first kappa shape index (κ1) is 11.9. The number of aliphatic hydroxyl groups is 1. The van der Waals surface area contributed by atoms with Crippen LogP contribution in [0.2, 0.25) is 0 Å². The maximum absolute atomic E-state index is 12.0. The zero-order valence-electron chi connectivity index (χ0n) is 9.46. The molecule has 0 aliphatic heterocycles. The van der Waals surface area contributed by atoms with Crippen LogP contribution in [-0.4, -0.2) is 28.2 Å². The standard InChI is InChI=1S/C12H14N2O2S/c1-9(8-15)13-12(16)11-10(4-7-17-11)14-5-2-3-6-14/h2-7,9,15H,8H2,1H3,(H,13,16). The van der Waals surface area contributed by atoms with E-state index in [1.165, 1.54) is 11.3 Å². The summed E-state index contributed by atoms with van der Waals surface area (Å²) in [5.41, 5.74) is 0.864. The number of aliphatic hydroxyl groups excluding tert-OH is 1. The normalized spacial score (nSPS) is 12.4. The van der Waals surface area contributed by atoms with Crippen molar-refractivity contribution in [2.45, 2.75) is 13.0 Å². The number of rotatable bonds is 4. The molecule has 2 aromatic heterocycles. The summed E-state index contributed by atoms with van der Waals surface area (Å²) in [6.07, 6.45) is 3.79. The molecule has 2 aromatic rings. The second-order valence-corrected chi connectivity index (χ2v) is 4.70. The van der Waals surface area contributed by atoms with Gasteiger partial charge in [-0.2, -0.15) is 0 Å². The van der Waals surface area contributed by atoms with Crippen LogP contribution in [0.25, 0.3) is 5.69 Å². The van der Waals surface area contributed by atoms with E-state index < -0.39 is 0 Å². The molecule has 0 aliphatic rings. The van der Waals surface area contributed by atoms with Gasteiger partial charge in [0.05, 0.1) is 12.3 Å². The highest BCUT2D eigenvalue weighted by atomic mass is 32.1. The van der Waals surface area contributed by atoms with Gasteiger partial charge in [0.1, 0.15) is 4.88 Å². The Morgan fingerprint density at radius 2 is 2.24 bits per heavy atom. The van der Waals surface area contributed by atoms with Crippen LogP contribution in [0.4, 0.5) is 0 Å². The summed E-state index contributed by atoms with van der Waals surface area (Å²) < 4.78 is 1.90. The highest BCUT2D eigenvalue weighted by Gasteiger charge is 2.15. The Morgan fingerprint density at radius 3 is 2.88 bits per heavy atom. The SMILES string of the molecule is CC(CO)NC(=O)c1sccc1-n1cccc1. The third-order valence-electron chi connectivity index (χ3n) is 2.38. The van der Waals surface area contributed by atoms with Crippen LogP contribution in [0.1, 0.15) is 16.6 Å². The molecule has 0 fully saturated rings. The van der Waals surface area contributed by atoms with Gasteiger partial charge < -0.3 is 15.0 Å². The van der Waals surface area contributed by atoms with Crippen molar-refractivity contribution in [1.29, 1.82) is 0 Å². The van der Waals surface area contributed by atoms with Gasteiger partial charge in [0.2, 0.25) is 0 Å². The Morgan fingerprint density at radius 1 is 1.53 bits per heavy atom. The van der Waals surface area contributed by atoms with Crippen LogP contribution < -0.4 is 5.32 Å². The van der Waals surface area contributed by atoms with E-state index in [-0.39, 0.29) is 18.6 Å². The van der Waals surface area contributed by atoms with E-state index in [0.29, 0.717) is 4.88 Å². The van der Waals surface area contributed by atoms with E-state index in [1.807, 2.05) is 40.5 Å². The van der Waals surface area contributed by atoms with Crippen molar-refractivity contribution in [3.63, 3.8) is 0 Å². The highest BCUT2D eigenvalue weighted by molar-refractivity contribution is 7.12. The van der Waals surface area contributed by atoms with Crippen molar-refractivity contribution in [3.8, 4) is 5.69 Å². The zero-order chi connectivity index (χ0) is 12.3. The van der Waals surface area contributed by atoms with E-state index in [0.717, 1.165) is 5.69 Å². The Hall–Kier alpha value is -1.59. The smallest absolute Gasteiger partial charge is 0.263 e. The third kappa shape index (κ3) is 2.57. The van der Waals surface area contributed by atoms with Gasteiger partial charge in [-0.25, -0.2) is 0 Å². The second-order valence-electron chi connectivity index (χ2n) is 3.78. The molecule has 0 saturated carbocycles. The number of thiophene rings is 1. The largest absolute Gasteiger partial charge is 0.394 e. The van der Waals surface area contributed by atoms with E-state index in [4.69, 9.17) is 5.11 Å². The molecule has 4 nitrogen and oxygen atoms in total. The molecule has 1 atom stereocenters. The van der Waals surface area contributed by atoms with Crippen LogP contribution in [0.5, 0.6) is 0 Å². The first-order chi connectivity index (χ1) is 8.22. The molecule has 1 amide bonds. The van der Waals surface area contributed by atoms with Gasteiger partial charge in [-0.05, 0) is 30.5 Å². The second kappa shape index (κ2) is 5.16. The highest BCUT2D eigenvalue weighted by Crippen LogP contribution is 2.21. The molecular formula is C12H14N2O2S. The van der Waals surface area contributed by atoms with Crippen LogP contribution in [0.15, 0.2) is 36.0 Å². The Kier molecular flexibility index (Phi) is 3.61. The van der Waals surface area contributed by atoms with Crippen molar-refractivity contribution >= 4 is 17.2 Å². The maximum atomic E-state index is 12.0. The minimum Gasteiger partial charge on any atom is -0.394 e. The van der Waals surface area contributed by atoms with E-state index in [2.05, 4.69) is 5.32 Å². The van der Waals surface area contributed by atoms with Gasteiger partial charge in [0.25, 0.3) is 5.91 Å². The van der Waals surface area contributed by atoms with Crippen LogP contribution in [0.3, 0.4) is 0 Å². The monoisotopic (exact) mass is 250 g/mol. The topological polar surface area (TPSA) is 54.3 Å². The number of aromatic nitrogens is 1. The van der Waals surface area contributed by atoms with E-state index in [9.17, 15) is 4.79 Å². The quantitative estimate of drug-likeness (QED) is 0.867. The molecule has 5 heteroatoms.